The van der Waals surface area contributed by atoms with E-state index in [4.69, 9.17) is 4.74 Å². The van der Waals surface area contributed by atoms with Gasteiger partial charge in [-0.3, -0.25) is 9.59 Å². The molecule has 0 spiro atoms. The van der Waals surface area contributed by atoms with Gasteiger partial charge in [-0.15, -0.1) is 4.40 Å². The predicted octanol–water partition coefficient (Wildman–Crippen LogP) is 1.55. The molecule has 1 saturated heterocycles. The highest BCUT2D eigenvalue weighted by molar-refractivity contribution is 7.90. The maximum Gasteiger partial charge on any atom is 0.309 e. The van der Waals surface area contributed by atoms with Crippen LogP contribution in [0.2, 0.25) is 0 Å². The molecule has 0 bridgehead atoms. The molecule has 3 rings (SSSR count). The van der Waals surface area contributed by atoms with E-state index in [1.165, 1.54) is 0 Å². The number of carbonyl (C=O) groups is 2. The highest BCUT2D eigenvalue weighted by atomic mass is 32.2. The van der Waals surface area contributed by atoms with Crippen LogP contribution in [0.15, 0.2) is 33.6 Å². The van der Waals surface area contributed by atoms with Gasteiger partial charge in [0.1, 0.15) is 4.90 Å². The molecule has 1 aromatic carbocycles. The van der Waals surface area contributed by atoms with Crippen molar-refractivity contribution in [3.8, 4) is 0 Å². The zero-order chi connectivity index (χ0) is 21.2. The fourth-order valence-electron chi connectivity index (χ4n) is 3.36. The summed E-state index contributed by atoms with van der Waals surface area (Å²) in [6, 6.07) is 6.77. The van der Waals surface area contributed by atoms with Crippen molar-refractivity contribution >= 4 is 27.7 Å². The van der Waals surface area contributed by atoms with Gasteiger partial charge in [0.15, 0.2) is 12.4 Å². The van der Waals surface area contributed by atoms with Gasteiger partial charge in [0.25, 0.3) is 15.9 Å². The van der Waals surface area contributed by atoms with Crippen LogP contribution in [0.5, 0.6) is 0 Å². The number of rotatable bonds is 5. The first-order chi connectivity index (χ1) is 13.7. The average Bonchev–Trinajstić information content (AvgIpc) is 2.97. The highest BCUT2D eigenvalue weighted by Crippen LogP contribution is 2.29. The molecule has 1 fully saturated rings. The lowest BCUT2D eigenvalue weighted by Crippen LogP contribution is -2.42. The van der Waals surface area contributed by atoms with Crippen molar-refractivity contribution < 1.29 is 22.7 Å². The SMILES string of the molecule is CC(C)[C@@H](C)NC(=O)COC(=O)C1CCN(C2=NS(=O)(=O)c3ccccc32)CC1. The second-order valence-corrected chi connectivity index (χ2v) is 9.43. The van der Waals surface area contributed by atoms with Gasteiger partial charge in [-0.05, 0) is 37.8 Å². The number of fused-ring (bicyclic) bond motifs is 1. The Balaban J connectivity index is 1.52. The Hall–Kier alpha value is -2.42. The molecule has 0 aliphatic carbocycles. The second-order valence-electron chi connectivity index (χ2n) is 7.86. The summed E-state index contributed by atoms with van der Waals surface area (Å²) in [5.74, 6) is -0.270. The third kappa shape index (κ3) is 4.77. The molecule has 1 atom stereocenters. The van der Waals surface area contributed by atoms with Crippen molar-refractivity contribution in [2.24, 2.45) is 16.2 Å². The predicted molar refractivity (Wildman–Crippen MR) is 108 cm³/mol. The van der Waals surface area contributed by atoms with E-state index < -0.39 is 16.0 Å². The number of amides is 1. The minimum Gasteiger partial charge on any atom is -0.455 e. The molecule has 29 heavy (non-hydrogen) atoms. The van der Waals surface area contributed by atoms with E-state index in [-0.39, 0.29) is 29.4 Å². The number of amidine groups is 1. The van der Waals surface area contributed by atoms with Crippen LogP contribution in [0, 0.1) is 11.8 Å². The van der Waals surface area contributed by atoms with E-state index in [1.54, 1.807) is 24.3 Å². The monoisotopic (exact) mass is 421 g/mol. The fraction of sp³-hybridized carbons (Fsp3) is 0.550. The van der Waals surface area contributed by atoms with Crippen LogP contribution in [0.1, 0.15) is 39.2 Å². The van der Waals surface area contributed by atoms with Crippen LogP contribution in [-0.2, 0) is 24.3 Å². The number of likely N-dealkylation sites (tertiary alicyclic amines) is 1. The van der Waals surface area contributed by atoms with Crippen LogP contribution in [0.25, 0.3) is 0 Å². The van der Waals surface area contributed by atoms with E-state index in [0.29, 0.717) is 43.2 Å². The van der Waals surface area contributed by atoms with E-state index in [0.717, 1.165) is 0 Å². The number of nitrogens with one attached hydrogen (secondary N) is 1. The Labute approximate surface area is 171 Å². The van der Waals surface area contributed by atoms with Gasteiger partial charge in [0, 0.05) is 24.7 Å². The van der Waals surface area contributed by atoms with E-state index in [1.807, 2.05) is 25.7 Å². The van der Waals surface area contributed by atoms with Gasteiger partial charge in [-0.1, -0.05) is 26.0 Å². The number of sulfonamides is 1. The topological polar surface area (TPSA) is 105 Å². The first kappa shape index (κ1) is 21.3. The number of piperidine rings is 1. The molecule has 1 aromatic rings. The van der Waals surface area contributed by atoms with E-state index in [9.17, 15) is 18.0 Å². The van der Waals surface area contributed by atoms with Gasteiger partial charge in [-0.2, -0.15) is 8.42 Å². The number of benzene rings is 1. The fourth-order valence-corrected chi connectivity index (χ4v) is 4.59. The molecule has 2 aliphatic rings. The minimum absolute atomic E-state index is 0.00998. The van der Waals surface area contributed by atoms with Crippen LogP contribution >= 0.6 is 0 Å². The molecule has 1 N–H and O–H groups in total. The minimum atomic E-state index is -3.66. The Morgan fingerprint density at radius 2 is 1.86 bits per heavy atom. The summed E-state index contributed by atoms with van der Waals surface area (Å²) in [5, 5.41) is 2.80. The third-order valence-electron chi connectivity index (χ3n) is 5.47. The Kier molecular flexibility index (Phi) is 6.26. The molecule has 8 nitrogen and oxygen atoms in total. The Bertz CT molecular complexity index is 918. The van der Waals surface area contributed by atoms with Crippen molar-refractivity contribution in [2.75, 3.05) is 19.7 Å². The molecule has 158 valence electrons. The van der Waals surface area contributed by atoms with Crippen molar-refractivity contribution in [1.29, 1.82) is 0 Å². The summed E-state index contributed by atoms with van der Waals surface area (Å²) in [5.41, 5.74) is 0.601. The van der Waals surface area contributed by atoms with Crippen molar-refractivity contribution in [3.05, 3.63) is 29.8 Å². The molecule has 0 unspecified atom stereocenters. The second kappa shape index (κ2) is 8.52. The number of hydrogen-bond acceptors (Lipinski definition) is 6. The molecule has 2 heterocycles. The van der Waals surface area contributed by atoms with Gasteiger partial charge in [-0.25, -0.2) is 0 Å². The van der Waals surface area contributed by atoms with Crippen LogP contribution < -0.4 is 5.32 Å². The van der Waals surface area contributed by atoms with Gasteiger partial charge in [0.05, 0.1) is 5.92 Å². The molecule has 2 aliphatic heterocycles. The first-order valence-corrected chi connectivity index (χ1v) is 11.3. The van der Waals surface area contributed by atoms with Crippen LogP contribution in [0.4, 0.5) is 0 Å². The quantitative estimate of drug-likeness (QED) is 0.724. The summed E-state index contributed by atoms with van der Waals surface area (Å²) in [6.45, 7) is 6.63. The first-order valence-electron chi connectivity index (χ1n) is 9.84. The van der Waals surface area contributed by atoms with Crippen LogP contribution in [0.3, 0.4) is 0 Å². The number of hydrogen-bond donors (Lipinski definition) is 1. The van der Waals surface area contributed by atoms with Crippen molar-refractivity contribution in [2.45, 2.75) is 44.6 Å². The summed E-state index contributed by atoms with van der Waals surface area (Å²) < 4.78 is 33.5. The Morgan fingerprint density at radius 3 is 2.52 bits per heavy atom. The summed E-state index contributed by atoms with van der Waals surface area (Å²) in [4.78, 5) is 26.3. The maximum atomic E-state index is 12.3. The molecule has 0 aromatic heterocycles. The van der Waals surface area contributed by atoms with Gasteiger partial charge in [0.2, 0.25) is 0 Å². The molecule has 0 radical (unpaired) electrons. The number of esters is 1. The lowest BCUT2D eigenvalue weighted by Gasteiger charge is -2.32. The van der Waals surface area contributed by atoms with Gasteiger partial charge < -0.3 is 15.0 Å². The summed E-state index contributed by atoms with van der Waals surface area (Å²) in [6.07, 6.45) is 1.04. The molecule has 1 amide bonds. The molecular weight excluding hydrogens is 394 g/mol. The zero-order valence-corrected chi connectivity index (χ0v) is 17.7. The lowest BCUT2D eigenvalue weighted by molar-refractivity contribution is -0.154. The standard InChI is InChI=1S/C20H27N3O5S/c1-13(2)14(3)21-18(24)12-28-20(25)15-8-10-23(11-9-15)19-16-6-4-5-7-17(16)29(26,27)22-19/h4-7,13-15H,8-12H2,1-3H3,(H,21,24)/t14-/m1/s1. The van der Waals surface area contributed by atoms with Gasteiger partial charge >= 0.3 is 5.97 Å². The molecule has 9 heteroatoms. The number of nitrogens with zero attached hydrogens (tertiary/aromatic N) is 2. The molecule has 0 saturated carbocycles. The normalized spacial score (nSPS) is 19.4. The summed E-state index contributed by atoms with van der Waals surface area (Å²) in [7, 11) is -3.66. The smallest absolute Gasteiger partial charge is 0.309 e. The number of carbonyl (C=O) groups excluding carboxylic acids is 2. The maximum absolute atomic E-state index is 12.3. The number of ether oxygens (including phenoxy) is 1. The Morgan fingerprint density at radius 1 is 1.21 bits per heavy atom. The summed E-state index contributed by atoms with van der Waals surface area (Å²) >= 11 is 0. The molecular formula is C20H27N3O5S. The highest BCUT2D eigenvalue weighted by Gasteiger charge is 2.34. The average molecular weight is 422 g/mol. The van der Waals surface area contributed by atoms with Crippen molar-refractivity contribution in [1.82, 2.24) is 10.2 Å². The zero-order valence-electron chi connectivity index (χ0n) is 16.9. The lowest BCUT2D eigenvalue weighted by atomic mass is 9.96. The van der Waals surface area contributed by atoms with E-state index in [2.05, 4.69) is 9.71 Å². The van der Waals surface area contributed by atoms with Crippen LogP contribution in [-0.4, -0.2) is 56.8 Å². The van der Waals surface area contributed by atoms with Crippen molar-refractivity contribution in [3.63, 3.8) is 0 Å². The third-order valence-corrected chi connectivity index (χ3v) is 6.80. The largest absolute Gasteiger partial charge is 0.455 e. The van der Waals surface area contributed by atoms with E-state index >= 15 is 0 Å².